The molecular formula is C21H27NO5. The fraction of sp³-hybridized carbons (Fsp3) is 0.429. The van der Waals surface area contributed by atoms with Crippen LogP contribution in [0.25, 0.3) is 0 Å². The van der Waals surface area contributed by atoms with Crippen molar-refractivity contribution in [2.75, 3.05) is 41.1 Å². The summed E-state index contributed by atoms with van der Waals surface area (Å²) in [6, 6.07) is 13.8. The van der Waals surface area contributed by atoms with Gasteiger partial charge in [-0.3, -0.25) is 4.90 Å². The van der Waals surface area contributed by atoms with E-state index < -0.39 is 0 Å². The highest BCUT2D eigenvalue weighted by Gasteiger charge is 2.33. The van der Waals surface area contributed by atoms with Crippen molar-refractivity contribution in [3.05, 3.63) is 53.6 Å². The fourth-order valence-electron chi connectivity index (χ4n) is 3.58. The Bertz CT molecular complexity index is 751. The number of methoxy groups -OCH3 is 3. The normalized spacial score (nSPS) is 20.3. The minimum atomic E-state index is -0.303. The maximum Gasteiger partial charge on any atom is 0.161 e. The number of hydrogen-bond donors (Lipinski definition) is 1. The number of aliphatic hydroxyl groups is 1. The van der Waals surface area contributed by atoms with Gasteiger partial charge in [-0.15, -0.1) is 0 Å². The molecule has 0 bridgehead atoms. The number of ether oxygens (including phenoxy) is 4. The number of nitrogens with zero attached hydrogens (tertiary/aromatic N) is 1. The summed E-state index contributed by atoms with van der Waals surface area (Å²) in [6.07, 6.45) is -0.303. The Morgan fingerprint density at radius 2 is 1.85 bits per heavy atom. The van der Waals surface area contributed by atoms with Crippen LogP contribution in [-0.4, -0.2) is 57.2 Å². The van der Waals surface area contributed by atoms with Crippen LogP contribution in [-0.2, 0) is 11.3 Å². The van der Waals surface area contributed by atoms with Gasteiger partial charge in [0.15, 0.2) is 11.5 Å². The number of rotatable bonds is 7. The molecule has 1 aliphatic heterocycles. The standard InChI is InChI=1S/C21H27NO5/c1-24-17-6-4-5-15(11-17)13-22-9-10-27-20(14-23)21(22)16-7-8-18(25-2)19(12-16)26-3/h4-8,11-12,20-21,23H,9-10,13-14H2,1-3H3/t20-,21-/m1/s1. The molecule has 6 nitrogen and oxygen atoms in total. The van der Waals surface area contributed by atoms with Crippen LogP contribution in [0.1, 0.15) is 17.2 Å². The van der Waals surface area contributed by atoms with Gasteiger partial charge in [0.25, 0.3) is 0 Å². The summed E-state index contributed by atoms with van der Waals surface area (Å²) < 4.78 is 22.0. The Balaban J connectivity index is 1.92. The van der Waals surface area contributed by atoms with E-state index in [1.807, 2.05) is 36.4 Å². The topological polar surface area (TPSA) is 60.4 Å². The molecule has 0 radical (unpaired) electrons. The summed E-state index contributed by atoms with van der Waals surface area (Å²) in [6.45, 7) is 2.04. The van der Waals surface area contributed by atoms with Crippen molar-refractivity contribution in [2.45, 2.75) is 18.7 Å². The van der Waals surface area contributed by atoms with Gasteiger partial charge in [0.2, 0.25) is 0 Å². The van der Waals surface area contributed by atoms with Crippen molar-refractivity contribution in [3.63, 3.8) is 0 Å². The van der Waals surface area contributed by atoms with Gasteiger partial charge >= 0.3 is 0 Å². The quantitative estimate of drug-likeness (QED) is 0.805. The SMILES string of the molecule is COc1cccc(CN2CCO[C@H](CO)[C@H]2c2ccc(OC)c(OC)c2)c1. The van der Waals surface area contributed by atoms with Crippen LogP contribution in [0.4, 0.5) is 0 Å². The van der Waals surface area contributed by atoms with E-state index in [1.165, 1.54) is 0 Å². The molecule has 6 heteroatoms. The smallest absolute Gasteiger partial charge is 0.161 e. The van der Waals surface area contributed by atoms with Gasteiger partial charge in [-0.05, 0) is 35.4 Å². The lowest BCUT2D eigenvalue weighted by molar-refractivity contribution is -0.0961. The summed E-state index contributed by atoms with van der Waals surface area (Å²) in [5.74, 6) is 2.18. The van der Waals surface area contributed by atoms with Crippen molar-refractivity contribution < 1.29 is 24.1 Å². The lowest BCUT2D eigenvalue weighted by atomic mass is 9.97. The predicted octanol–water partition coefficient (Wildman–Crippen LogP) is 2.65. The van der Waals surface area contributed by atoms with Crippen molar-refractivity contribution in [2.24, 2.45) is 0 Å². The van der Waals surface area contributed by atoms with E-state index in [9.17, 15) is 5.11 Å². The van der Waals surface area contributed by atoms with E-state index in [0.717, 1.165) is 30.0 Å². The number of hydrogen-bond acceptors (Lipinski definition) is 6. The van der Waals surface area contributed by atoms with Gasteiger partial charge < -0.3 is 24.1 Å². The van der Waals surface area contributed by atoms with Crippen LogP contribution in [0.5, 0.6) is 17.2 Å². The van der Waals surface area contributed by atoms with Gasteiger partial charge in [-0.2, -0.15) is 0 Å². The highest BCUT2D eigenvalue weighted by molar-refractivity contribution is 5.44. The molecule has 1 fully saturated rings. The van der Waals surface area contributed by atoms with Crippen LogP contribution < -0.4 is 14.2 Å². The zero-order valence-electron chi connectivity index (χ0n) is 16.1. The maximum absolute atomic E-state index is 9.89. The Morgan fingerprint density at radius 3 is 2.56 bits per heavy atom. The van der Waals surface area contributed by atoms with Gasteiger partial charge in [0.05, 0.1) is 40.6 Å². The number of morpholine rings is 1. The monoisotopic (exact) mass is 373 g/mol. The van der Waals surface area contributed by atoms with Gasteiger partial charge in [0.1, 0.15) is 11.9 Å². The third-order valence-corrected chi connectivity index (χ3v) is 4.90. The van der Waals surface area contributed by atoms with E-state index in [0.29, 0.717) is 18.1 Å². The number of benzene rings is 2. The molecule has 0 unspecified atom stereocenters. The molecule has 0 amide bonds. The van der Waals surface area contributed by atoms with Crippen molar-refractivity contribution in [1.29, 1.82) is 0 Å². The van der Waals surface area contributed by atoms with E-state index >= 15 is 0 Å². The average Bonchev–Trinajstić information content (AvgIpc) is 2.73. The molecule has 0 spiro atoms. The van der Waals surface area contributed by atoms with Crippen molar-refractivity contribution >= 4 is 0 Å². The molecule has 3 rings (SSSR count). The molecule has 1 saturated heterocycles. The summed E-state index contributed by atoms with van der Waals surface area (Å²) >= 11 is 0. The third-order valence-electron chi connectivity index (χ3n) is 4.90. The first kappa shape index (κ1) is 19.5. The molecule has 146 valence electrons. The summed E-state index contributed by atoms with van der Waals surface area (Å²) in [5.41, 5.74) is 2.17. The molecule has 1 aliphatic rings. The van der Waals surface area contributed by atoms with Crippen LogP contribution in [0.3, 0.4) is 0 Å². The molecule has 2 aromatic carbocycles. The summed E-state index contributed by atoms with van der Waals surface area (Å²) in [4.78, 5) is 2.32. The Morgan fingerprint density at radius 1 is 1.04 bits per heavy atom. The van der Waals surface area contributed by atoms with E-state index in [4.69, 9.17) is 18.9 Å². The summed E-state index contributed by atoms with van der Waals surface area (Å²) in [7, 11) is 4.91. The van der Waals surface area contributed by atoms with Crippen molar-refractivity contribution in [1.82, 2.24) is 4.90 Å². The van der Waals surface area contributed by atoms with E-state index in [1.54, 1.807) is 21.3 Å². The van der Waals surface area contributed by atoms with E-state index in [-0.39, 0.29) is 18.8 Å². The minimum absolute atomic E-state index is 0.0480. The average molecular weight is 373 g/mol. The van der Waals surface area contributed by atoms with Crippen LogP contribution in [0.15, 0.2) is 42.5 Å². The van der Waals surface area contributed by atoms with Crippen LogP contribution in [0, 0.1) is 0 Å². The molecule has 0 saturated carbocycles. The van der Waals surface area contributed by atoms with Crippen molar-refractivity contribution in [3.8, 4) is 17.2 Å². The molecule has 27 heavy (non-hydrogen) atoms. The molecule has 2 aromatic rings. The zero-order chi connectivity index (χ0) is 19.2. The largest absolute Gasteiger partial charge is 0.497 e. The lowest BCUT2D eigenvalue weighted by Crippen LogP contribution is -2.46. The van der Waals surface area contributed by atoms with E-state index in [2.05, 4.69) is 11.0 Å². The molecule has 1 heterocycles. The molecular weight excluding hydrogens is 346 g/mol. The second kappa shape index (κ2) is 9.08. The zero-order valence-corrected chi connectivity index (χ0v) is 16.1. The third kappa shape index (κ3) is 4.35. The first-order chi connectivity index (χ1) is 13.2. The Hall–Kier alpha value is -2.28. The molecule has 1 N–H and O–H groups in total. The summed E-state index contributed by atoms with van der Waals surface area (Å²) in [5, 5.41) is 9.89. The van der Waals surface area contributed by atoms with Gasteiger partial charge in [-0.1, -0.05) is 18.2 Å². The van der Waals surface area contributed by atoms with Crippen LogP contribution in [0.2, 0.25) is 0 Å². The van der Waals surface area contributed by atoms with Crippen LogP contribution >= 0.6 is 0 Å². The highest BCUT2D eigenvalue weighted by atomic mass is 16.5. The minimum Gasteiger partial charge on any atom is -0.497 e. The predicted molar refractivity (Wildman–Crippen MR) is 103 cm³/mol. The highest BCUT2D eigenvalue weighted by Crippen LogP contribution is 2.36. The first-order valence-electron chi connectivity index (χ1n) is 9.01. The Labute approximate surface area is 160 Å². The Kier molecular flexibility index (Phi) is 6.55. The molecule has 0 aromatic heterocycles. The second-order valence-electron chi connectivity index (χ2n) is 6.47. The molecule has 2 atom stereocenters. The van der Waals surface area contributed by atoms with Gasteiger partial charge in [0, 0.05) is 13.1 Å². The second-order valence-corrected chi connectivity index (χ2v) is 6.47. The lowest BCUT2D eigenvalue weighted by Gasteiger charge is -2.41. The van der Waals surface area contributed by atoms with Gasteiger partial charge in [-0.25, -0.2) is 0 Å². The number of aliphatic hydroxyl groups excluding tert-OH is 1. The first-order valence-corrected chi connectivity index (χ1v) is 9.01. The fourth-order valence-corrected chi connectivity index (χ4v) is 3.58. The molecule has 0 aliphatic carbocycles. The maximum atomic E-state index is 9.89.